The Morgan fingerprint density at radius 2 is 0.549 bits per heavy atom. The molecule has 6 nitrogen and oxygen atoms in total. The van der Waals surface area contributed by atoms with Crippen LogP contribution in [-0.4, -0.2) is 37.2 Å². The summed E-state index contributed by atoms with van der Waals surface area (Å²) >= 11 is 0. The van der Waals surface area contributed by atoms with Gasteiger partial charge in [-0.15, -0.1) is 0 Å². The Kier molecular flexibility index (Phi) is 55.4. The molecule has 0 aromatic carbocycles. The van der Waals surface area contributed by atoms with Gasteiger partial charge in [-0.05, 0) is 103 Å². The first kappa shape index (κ1) is 67.1. The van der Waals surface area contributed by atoms with Crippen LogP contribution >= 0.6 is 0 Å². The second kappa shape index (κ2) is 58.6. The van der Waals surface area contributed by atoms with Gasteiger partial charge in [-0.25, -0.2) is 0 Å². The summed E-state index contributed by atoms with van der Waals surface area (Å²) in [6.07, 6.45) is 79.3. The number of esters is 3. The van der Waals surface area contributed by atoms with E-state index in [0.717, 1.165) is 135 Å². The average Bonchev–Trinajstić information content (AvgIpc) is 3.37. The minimum atomic E-state index is -0.801. The molecule has 0 N–H and O–H groups in total. The van der Waals surface area contributed by atoms with Gasteiger partial charge in [-0.2, -0.15) is 0 Å². The number of hydrogen-bond acceptors (Lipinski definition) is 6. The number of allylic oxidation sites excluding steroid dienone is 18. The molecule has 0 aliphatic carbocycles. The van der Waals surface area contributed by atoms with Gasteiger partial charge in [-0.3, -0.25) is 14.4 Å². The third-order valence-corrected chi connectivity index (χ3v) is 12.3. The minimum absolute atomic E-state index is 0.0941. The van der Waals surface area contributed by atoms with Crippen molar-refractivity contribution in [2.75, 3.05) is 13.2 Å². The van der Waals surface area contributed by atoms with E-state index < -0.39 is 6.10 Å². The number of carbonyl (C=O) groups excluding carboxylic acids is 3. The molecule has 0 aliphatic rings. The first-order valence-electron chi connectivity index (χ1n) is 29.4. The summed E-state index contributed by atoms with van der Waals surface area (Å²) in [7, 11) is 0. The van der Waals surface area contributed by atoms with Crippen LogP contribution in [0.15, 0.2) is 109 Å². The predicted octanol–water partition coefficient (Wildman–Crippen LogP) is 19.9. The monoisotopic (exact) mass is 985 g/mol. The van der Waals surface area contributed by atoms with Crippen molar-refractivity contribution in [1.82, 2.24) is 0 Å². The van der Waals surface area contributed by atoms with Crippen LogP contribution in [0.3, 0.4) is 0 Å². The molecule has 0 spiro atoms. The normalized spacial score (nSPS) is 12.9. The molecule has 0 saturated carbocycles. The molecule has 0 rings (SSSR count). The van der Waals surface area contributed by atoms with Crippen molar-refractivity contribution < 1.29 is 28.6 Å². The van der Waals surface area contributed by atoms with Crippen molar-refractivity contribution in [3.05, 3.63) is 109 Å². The zero-order valence-electron chi connectivity index (χ0n) is 46.2. The lowest BCUT2D eigenvalue weighted by atomic mass is 10.0. The van der Waals surface area contributed by atoms with Crippen LogP contribution in [0.25, 0.3) is 0 Å². The maximum Gasteiger partial charge on any atom is 0.306 e. The molecule has 404 valence electrons. The lowest BCUT2D eigenvalue weighted by molar-refractivity contribution is -0.167. The number of rotatable bonds is 52. The number of hydrogen-bond donors (Lipinski definition) is 0. The van der Waals surface area contributed by atoms with Crippen LogP contribution in [0.1, 0.15) is 265 Å². The molecule has 0 radical (unpaired) electrons. The Hall–Kier alpha value is -3.93. The Balaban J connectivity index is 4.48. The minimum Gasteiger partial charge on any atom is -0.462 e. The summed E-state index contributed by atoms with van der Waals surface area (Å²) in [6.45, 7) is 6.39. The van der Waals surface area contributed by atoms with Crippen molar-refractivity contribution >= 4 is 17.9 Å². The molecule has 0 heterocycles. The van der Waals surface area contributed by atoms with Crippen LogP contribution in [0.4, 0.5) is 0 Å². The van der Waals surface area contributed by atoms with Crippen molar-refractivity contribution in [3.8, 4) is 0 Å². The van der Waals surface area contributed by atoms with Gasteiger partial charge in [0.05, 0.1) is 0 Å². The number of carbonyl (C=O) groups is 3. The third kappa shape index (κ3) is 56.9. The van der Waals surface area contributed by atoms with E-state index in [1.807, 2.05) is 0 Å². The zero-order valence-corrected chi connectivity index (χ0v) is 46.2. The van der Waals surface area contributed by atoms with Gasteiger partial charge in [0.15, 0.2) is 6.10 Å². The van der Waals surface area contributed by atoms with Crippen LogP contribution in [0.2, 0.25) is 0 Å². The van der Waals surface area contributed by atoms with Crippen molar-refractivity contribution in [2.45, 2.75) is 271 Å². The second-order valence-corrected chi connectivity index (χ2v) is 19.1. The van der Waals surface area contributed by atoms with Crippen LogP contribution < -0.4 is 0 Å². The smallest absolute Gasteiger partial charge is 0.306 e. The van der Waals surface area contributed by atoms with E-state index in [0.29, 0.717) is 19.3 Å². The number of unbranched alkanes of at least 4 members (excludes halogenated alkanes) is 23. The van der Waals surface area contributed by atoms with Gasteiger partial charge in [0.1, 0.15) is 13.2 Å². The van der Waals surface area contributed by atoms with E-state index >= 15 is 0 Å². The van der Waals surface area contributed by atoms with Gasteiger partial charge in [0.2, 0.25) is 0 Å². The molecule has 0 aromatic heterocycles. The topological polar surface area (TPSA) is 78.9 Å². The van der Waals surface area contributed by atoms with Gasteiger partial charge in [0, 0.05) is 19.3 Å². The predicted molar refractivity (Wildman–Crippen MR) is 307 cm³/mol. The van der Waals surface area contributed by atoms with Crippen molar-refractivity contribution in [2.24, 2.45) is 0 Å². The first-order chi connectivity index (χ1) is 35.0. The standard InChI is InChI=1S/C65H108O6/c1-4-7-10-13-16-19-22-25-28-30-32-34-37-40-43-46-49-52-55-58-64(67)70-61-62(60-69-63(66)57-54-51-48-45-42-39-36-27-24-21-18-15-12-9-6-3)71-65(68)59-56-53-50-47-44-41-38-35-33-31-29-26-23-20-17-14-11-8-5-2/h7-8,10-11,16-17,19-20,25-26,28-29,32-35,40,43,62H,4-6,9,12-15,18,21-24,27,30-31,36-39,41-42,44-61H2,1-3H3/b10-7-,11-8-,19-16-,20-17-,28-25-,29-26-,34-32-,35-33-,43-40-. The quantitative estimate of drug-likeness (QED) is 0.0261. The number of ether oxygens (including phenoxy) is 3. The van der Waals surface area contributed by atoms with Crippen LogP contribution in [0.5, 0.6) is 0 Å². The van der Waals surface area contributed by atoms with Crippen LogP contribution in [-0.2, 0) is 28.6 Å². The fraction of sp³-hybridized carbons (Fsp3) is 0.677. The molecular weight excluding hydrogens is 877 g/mol. The maximum absolute atomic E-state index is 12.9. The highest BCUT2D eigenvalue weighted by atomic mass is 16.6. The summed E-state index contributed by atoms with van der Waals surface area (Å²) < 4.78 is 16.9. The highest BCUT2D eigenvalue weighted by Gasteiger charge is 2.19. The molecule has 71 heavy (non-hydrogen) atoms. The Bertz CT molecular complexity index is 1460. The summed E-state index contributed by atoms with van der Waals surface area (Å²) in [5.74, 6) is -0.937. The molecule has 6 heteroatoms. The van der Waals surface area contributed by atoms with E-state index in [1.54, 1.807) is 0 Å². The Morgan fingerprint density at radius 3 is 0.873 bits per heavy atom. The fourth-order valence-electron chi connectivity index (χ4n) is 7.93. The van der Waals surface area contributed by atoms with E-state index in [1.165, 1.54) is 89.9 Å². The SMILES string of the molecule is CC/C=C\C/C=C\C/C=C\C/C=C\C/C=C\CCCCCC(=O)OCC(COC(=O)CCCCCCCCCCCCCCCCC)OC(=O)CCCCCCCC/C=C\C/C=C\C/C=C\C/C=C\CC. The highest BCUT2D eigenvalue weighted by Crippen LogP contribution is 2.15. The molecule has 1 atom stereocenters. The van der Waals surface area contributed by atoms with Crippen molar-refractivity contribution in [1.29, 1.82) is 0 Å². The molecule has 1 unspecified atom stereocenters. The third-order valence-electron chi connectivity index (χ3n) is 12.3. The Labute approximate surface area is 438 Å². The zero-order chi connectivity index (χ0) is 51.4. The van der Waals surface area contributed by atoms with Crippen molar-refractivity contribution in [3.63, 3.8) is 0 Å². The van der Waals surface area contributed by atoms with Gasteiger partial charge in [-0.1, -0.05) is 252 Å². The summed E-state index contributed by atoms with van der Waals surface area (Å²) in [6, 6.07) is 0. The molecule has 0 saturated heterocycles. The van der Waals surface area contributed by atoms with E-state index in [9.17, 15) is 14.4 Å². The summed E-state index contributed by atoms with van der Waals surface area (Å²) in [5.41, 5.74) is 0. The first-order valence-corrected chi connectivity index (χ1v) is 29.4. The van der Waals surface area contributed by atoms with Gasteiger partial charge >= 0.3 is 17.9 Å². The largest absolute Gasteiger partial charge is 0.462 e. The van der Waals surface area contributed by atoms with Gasteiger partial charge in [0.25, 0.3) is 0 Å². The maximum atomic E-state index is 12.9. The van der Waals surface area contributed by atoms with Crippen LogP contribution in [0, 0.1) is 0 Å². The summed E-state index contributed by atoms with van der Waals surface area (Å²) in [5, 5.41) is 0. The fourth-order valence-corrected chi connectivity index (χ4v) is 7.93. The lowest BCUT2D eigenvalue weighted by Crippen LogP contribution is -2.30. The second-order valence-electron chi connectivity index (χ2n) is 19.1. The average molecular weight is 986 g/mol. The lowest BCUT2D eigenvalue weighted by Gasteiger charge is -2.18. The van der Waals surface area contributed by atoms with Gasteiger partial charge < -0.3 is 14.2 Å². The molecule has 0 amide bonds. The molecule has 0 aromatic rings. The summed E-state index contributed by atoms with van der Waals surface area (Å²) in [4.78, 5) is 38.2. The molecule has 0 aliphatic heterocycles. The van der Waals surface area contributed by atoms with E-state index in [2.05, 4.69) is 130 Å². The molecular formula is C65H108O6. The highest BCUT2D eigenvalue weighted by molar-refractivity contribution is 5.71. The van der Waals surface area contributed by atoms with E-state index in [-0.39, 0.29) is 31.1 Å². The Morgan fingerprint density at radius 1 is 0.296 bits per heavy atom. The molecule has 0 bridgehead atoms. The molecule has 0 fully saturated rings. The van der Waals surface area contributed by atoms with E-state index in [4.69, 9.17) is 14.2 Å².